The Bertz CT molecular complexity index is 967. The maximum Gasteiger partial charge on any atom is 0.161 e. The molecule has 5 rings (SSSR count). The summed E-state index contributed by atoms with van der Waals surface area (Å²) in [5.74, 6) is -1.30. The van der Waals surface area contributed by atoms with Gasteiger partial charge in [0.05, 0.1) is 5.52 Å². The molecule has 0 aliphatic heterocycles. The summed E-state index contributed by atoms with van der Waals surface area (Å²) in [5.41, 5.74) is 7.18. The Hall–Kier alpha value is -2.41. The van der Waals surface area contributed by atoms with Crippen molar-refractivity contribution in [1.29, 1.82) is 0 Å². The molecule has 2 aliphatic rings. The van der Waals surface area contributed by atoms with Crippen LogP contribution < -0.4 is 5.73 Å². The average Bonchev–Trinajstić information content (AvgIpc) is 3.44. The van der Waals surface area contributed by atoms with Gasteiger partial charge in [-0.1, -0.05) is 0 Å². The minimum atomic E-state index is -1.16. The van der Waals surface area contributed by atoms with Gasteiger partial charge in [0.2, 0.25) is 0 Å². The lowest BCUT2D eigenvalue weighted by atomic mass is 9.91. The molecule has 0 unspecified atom stereocenters. The number of fused-ring (bicyclic) bond motifs is 1. The molecule has 0 spiro atoms. The number of hydrogen-bond acceptors (Lipinski definition) is 3. The zero-order valence-electron chi connectivity index (χ0n) is 15.5. The first-order valence-corrected chi connectivity index (χ1v) is 9.70. The Morgan fingerprint density at radius 3 is 2.50 bits per heavy atom. The lowest BCUT2D eigenvalue weighted by molar-refractivity contribution is 0.321. The summed E-state index contributed by atoms with van der Waals surface area (Å²) in [4.78, 5) is 9.20. The summed E-state index contributed by atoms with van der Waals surface area (Å²) in [6.07, 6.45) is 13.6. The molecule has 2 saturated carbocycles. The van der Waals surface area contributed by atoms with Crippen LogP contribution in [-0.2, 0) is 0 Å². The van der Waals surface area contributed by atoms with Gasteiger partial charge < -0.3 is 10.3 Å². The van der Waals surface area contributed by atoms with E-state index in [-0.39, 0.29) is 0 Å². The topological polar surface area (TPSA) is 56.7 Å². The van der Waals surface area contributed by atoms with E-state index < -0.39 is 17.5 Å². The summed E-state index contributed by atoms with van der Waals surface area (Å²) in [5, 5.41) is 1.16. The molecule has 0 amide bonds. The van der Waals surface area contributed by atoms with Gasteiger partial charge in [-0.05, 0) is 50.7 Å². The summed E-state index contributed by atoms with van der Waals surface area (Å²) < 4.78 is 38.2. The van der Waals surface area contributed by atoms with Crippen LogP contribution in [0.3, 0.4) is 0 Å². The van der Waals surface area contributed by atoms with Crippen molar-refractivity contribution in [2.45, 2.75) is 56.5 Å². The van der Waals surface area contributed by atoms with Gasteiger partial charge in [-0.3, -0.25) is 0 Å². The Morgan fingerprint density at radius 1 is 1.00 bits per heavy atom. The van der Waals surface area contributed by atoms with Crippen molar-refractivity contribution in [3.05, 3.63) is 60.1 Å². The molecule has 2 N–H and O–H groups in total. The van der Waals surface area contributed by atoms with Crippen LogP contribution in [0.5, 0.6) is 0 Å². The molecule has 28 heavy (non-hydrogen) atoms. The predicted molar refractivity (Wildman–Crippen MR) is 101 cm³/mol. The third kappa shape index (κ3) is 4.35. The van der Waals surface area contributed by atoms with Gasteiger partial charge in [0.15, 0.2) is 11.6 Å². The van der Waals surface area contributed by atoms with E-state index >= 15 is 0 Å². The molecule has 2 aliphatic carbocycles. The summed E-state index contributed by atoms with van der Waals surface area (Å²) in [6.45, 7) is 0. The molecule has 2 heterocycles. The van der Waals surface area contributed by atoms with Crippen molar-refractivity contribution in [3.8, 4) is 0 Å². The maximum atomic E-state index is 12.0. The first kappa shape index (κ1) is 18.9. The van der Waals surface area contributed by atoms with Crippen LogP contribution in [0, 0.1) is 17.5 Å². The van der Waals surface area contributed by atoms with Gasteiger partial charge >= 0.3 is 0 Å². The highest BCUT2D eigenvalue weighted by molar-refractivity contribution is 5.77. The molecule has 7 heteroatoms. The molecule has 3 aromatic rings. The van der Waals surface area contributed by atoms with E-state index in [0.717, 1.165) is 35.3 Å². The molecule has 0 radical (unpaired) electrons. The molecule has 0 bridgehead atoms. The SMILES string of the molecule is Fc1ccc(F)c(F)c1.N[C@@H]1CCC[C@H](n2cc3cnc(C4CC4)nc3c2)C1. The quantitative estimate of drug-likeness (QED) is 0.638. The first-order chi connectivity index (χ1) is 13.5. The van der Waals surface area contributed by atoms with E-state index in [9.17, 15) is 13.2 Å². The molecule has 2 fully saturated rings. The largest absolute Gasteiger partial charge is 0.348 e. The van der Waals surface area contributed by atoms with Crippen LogP contribution in [0.1, 0.15) is 56.3 Å². The monoisotopic (exact) mass is 388 g/mol. The number of benzene rings is 1. The maximum absolute atomic E-state index is 12.0. The Kier molecular flexibility index (Phi) is 5.35. The minimum absolute atomic E-state index is 0.359. The fourth-order valence-corrected chi connectivity index (χ4v) is 3.65. The second-order valence-electron chi connectivity index (χ2n) is 7.69. The normalized spacial score (nSPS) is 22.0. The fraction of sp³-hybridized carbons (Fsp3) is 0.429. The van der Waals surface area contributed by atoms with Gasteiger partial charge in [0.25, 0.3) is 0 Å². The minimum Gasteiger partial charge on any atom is -0.348 e. The fourth-order valence-electron chi connectivity index (χ4n) is 3.65. The highest BCUT2D eigenvalue weighted by Gasteiger charge is 2.27. The number of nitrogens with two attached hydrogens (primary N) is 1. The van der Waals surface area contributed by atoms with Crippen molar-refractivity contribution < 1.29 is 13.2 Å². The van der Waals surface area contributed by atoms with Crippen LogP contribution in [0.15, 0.2) is 36.8 Å². The number of halogens is 3. The van der Waals surface area contributed by atoms with Crippen LogP contribution >= 0.6 is 0 Å². The van der Waals surface area contributed by atoms with E-state index in [2.05, 4.69) is 21.9 Å². The predicted octanol–water partition coefficient (Wildman–Crippen LogP) is 4.86. The molecule has 2 atom stereocenters. The number of aromatic nitrogens is 3. The number of nitrogens with zero attached hydrogens (tertiary/aromatic N) is 3. The van der Waals surface area contributed by atoms with Crippen LogP contribution in [0.25, 0.3) is 10.9 Å². The molecule has 2 aromatic heterocycles. The van der Waals surface area contributed by atoms with Gasteiger partial charge in [0, 0.05) is 48.0 Å². The Balaban J connectivity index is 0.000000181. The highest BCUT2D eigenvalue weighted by Crippen LogP contribution is 2.38. The van der Waals surface area contributed by atoms with Crippen LogP contribution in [-0.4, -0.2) is 20.6 Å². The van der Waals surface area contributed by atoms with Gasteiger partial charge in [-0.25, -0.2) is 23.1 Å². The summed E-state index contributed by atoms with van der Waals surface area (Å²) in [7, 11) is 0. The average molecular weight is 388 g/mol. The zero-order valence-corrected chi connectivity index (χ0v) is 15.5. The summed E-state index contributed by atoms with van der Waals surface area (Å²) >= 11 is 0. The summed E-state index contributed by atoms with van der Waals surface area (Å²) in [6, 6.07) is 3.00. The standard InChI is InChI=1S/C15H20N4.C6H3F3/c16-12-2-1-3-13(6-12)19-8-11-7-17-15(10-4-5-10)18-14(11)9-19;7-4-1-2-5(8)6(9)3-4/h7-10,12-13H,1-6,16H2;1-3H/t12-,13+;/m1./s1. The second-order valence-corrected chi connectivity index (χ2v) is 7.69. The smallest absolute Gasteiger partial charge is 0.161 e. The second kappa shape index (κ2) is 7.91. The third-order valence-corrected chi connectivity index (χ3v) is 5.36. The van der Waals surface area contributed by atoms with Crippen molar-refractivity contribution in [1.82, 2.24) is 14.5 Å². The van der Waals surface area contributed by atoms with Crippen molar-refractivity contribution in [2.24, 2.45) is 5.73 Å². The third-order valence-electron chi connectivity index (χ3n) is 5.36. The van der Waals surface area contributed by atoms with Gasteiger partial charge in [0.1, 0.15) is 11.6 Å². The van der Waals surface area contributed by atoms with Crippen molar-refractivity contribution >= 4 is 10.9 Å². The lowest BCUT2D eigenvalue weighted by Crippen LogP contribution is -2.28. The van der Waals surface area contributed by atoms with Crippen molar-refractivity contribution in [2.75, 3.05) is 0 Å². The number of rotatable bonds is 2. The van der Waals surface area contributed by atoms with E-state index in [1.54, 1.807) is 0 Å². The van der Waals surface area contributed by atoms with Gasteiger partial charge in [-0.2, -0.15) is 0 Å². The highest BCUT2D eigenvalue weighted by atomic mass is 19.2. The first-order valence-electron chi connectivity index (χ1n) is 9.70. The van der Waals surface area contributed by atoms with E-state index in [1.807, 2.05) is 6.20 Å². The van der Waals surface area contributed by atoms with E-state index in [0.29, 0.717) is 24.1 Å². The van der Waals surface area contributed by atoms with Crippen molar-refractivity contribution in [3.63, 3.8) is 0 Å². The molecular formula is C21H23F3N4. The Labute approximate surface area is 161 Å². The number of hydrogen-bond donors (Lipinski definition) is 1. The molecule has 1 aromatic carbocycles. The zero-order chi connectivity index (χ0) is 19.7. The van der Waals surface area contributed by atoms with Gasteiger partial charge in [-0.15, -0.1) is 0 Å². The van der Waals surface area contributed by atoms with Crippen LogP contribution in [0.2, 0.25) is 0 Å². The molecule has 148 valence electrons. The molecule has 4 nitrogen and oxygen atoms in total. The van der Waals surface area contributed by atoms with E-state index in [1.165, 1.54) is 32.1 Å². The van der Waals surface area contributed by atoms with Crippen LogP contribution in [0.4, 0.5) is 13.2 Å². The molecular weight excluding hydrogens is 365 g/mol. The molecule has 0 saturated heterocycles. The van der Waals surface area contributed by atoms with E-state index in [4.69, 9.17) is 10.7 Å². The Morgan fingerprint density at radius 2 is 1.82 bits per heavy atom. The lowest BCUT2D eigenvalue weighted by Gasteiger charge is -2.27.